The van der Waals surface area contributed by atoms with E-state index in [1.165, 1.54) is 0 Å². The van der Waals surface area contributed by atoms with Crippen molar-refractivity contribution in [3.8, 4) is 0 Å². The number of hydrogen-bond acceptors (Lipinski definition) is 30. The zero-order chi connectivity index (χ0) is 48.0. The lowest BCUT2D eigenvalue weighted by Gasteiger charge is -2.50. The summed E-state index contributed by atoms with van der Waals surface area (Å²) in [7, 11) is 0. The molecule has 12 bridgehead atoms. The molecule has 10 unspecified atom stereocenters. The molecular weight excluding hydrogens is 912 g/mol. The summed E-state index contributed by atoms with van der Waals surface area (Å²) >= 11 is 0. The predicted octanol–water partition coefficient (Wildman–Crippen LogP) is -13.1. The van der Waals surface area contributed by atoms with Gasteiger partial charge in [-0.3, -0.25) is 0 Å². The van der Waals surface area contributed by atoms with Crippen molar-refractivity contribution >= 4 is 0 Å². The van der Waals surface area contributed by atoms with Gasteiger partial charge in [0.25, 0.3) is 0 Å². The number of hydrogen-bond donors (Lipinski definition) is 18. The highest BCUT2D eigenvalue weighted by Crippen LogP contribution is 2.38. The molecule has 30 nitrogen and oxygen atoms in total. The Kier molecular flexibility index (Phi) is 17.6. The zero-order valence-electron chi connectivity index (χ0n) is 34.5. The maximum atomic E-state index is 11.2. The molecule has 22 rings (SSSR count). The second-order valence-corrected chi connectivity index (χ2v) is 16.8. The van der Waals surface area contributed by atoms with Crippen LogP contribution in [0.3, 0.4) is 0 Å². The molecule has 0 amide bonds. The van der Waals surface area contributed by atoms with Crippen LogP contribution in [0.4, 0.5) is 0 Å². The number of aliphatic hydroxyl groups is 18. The molecule has 0 saturated carbocycles. The van der Waals surface area contributed by atoms with E-state index in [1.807, 2.05) is 0 Å². The zero-order valence-corrected chi connectivity index (χ0v) is 34.5. The van der Waals surface area contributed by atoms with E-state index in [9.17, 15) is 91.9 Å². The lowest BCUT2D eigenvalue weighted by molar-refractivity contribution is -0.404. The highest BCUT2D eigenvalue weighted by Gasteiger charge is 2.58. The summed E-state index contributed by atoms with van der Waals surface area (Å²) in [6.07, 6.45) is -58.5. The molecule has 22 fully saturated rings. The van der Waals surface area contributed by atoms with Crippen molar-refractivity contribution < 1.29 is 149 Å². The van der Waals surface area contributed by atoms with E-state index in [0.29, 0.717) is 0 Å². The van der Waals surface area contributed by atoms with E-state index >= 15 is 0 Å². The minimum atomic E-state index is -2.15. The first-order valence-corrected chi connectivity index (χ1v) is 21.1. The molecule has 66 heavy (non-hydrogen) atoms. The van der Waals surface area contributed by atoms with Gasteiger partial charge in [-0.2, -0.15) is 0 Å². The van der Waals surface area contributed by atoms with Crippen LogP contribution in [0, 0.1) is 0 Å². The fourth-order valence-corrected chi connectivity index (χ4v) is 8.93. The molecule has 30 heteroatoms. The quantitative estimate of drug-likeness (QED) is 0.117. The van der Waals surface area contributed by atoms with Gasteiger partial charge >= 0.3 is 0 Å². The van der Waals surface area contributed by atoms with Crippen LogP contribution in [0.1, 0.15) is 0 Å². The van der Waals surface area contributed by atoms with Gasteiger partial charge < -0.3 is 149 Å². The maximum absolute atomic E-state index is 11.2. The SMILES string of the molecule is OC[C@H]1OC2O[C@@H]3[C@H](O)[C@H](O)C(OC4[C@@H](CO)OC(OC5[C@@H](CO)OC(O[C@@H]6[C@H](O)[C@H](O)C(OC7[C@@H](CO)OC(OC1[C@H](O)[C@@H]2O)[C@H](O)[C@H]7O)O[C@@H]6CO)[C@@H](O)[C@H]5O)[C@H](O)[C@H]4O)O[C@@H]3CO. The molecule has 0 aliphatic carbocycles. The minimum Gasteiger partial charge on any atom is -0.394 e. The van der Waals surface area contributed by atoms with Crippen molar-refractivity contribution in [2.45, 2.75) is 184 Å². The summed E-state index contributed by atoms with van der Waals surface area (Å²) in [4.78, 5) is 0. The van der Waals surface area contributed by atoms with E-state index in [-0.39, 0.29) is 0 Å². The Morgan fingerprint density at radius 1 is 0.182 bits per heavy atom. The third kappa shape index (κ3) is 10.0. The van der Waals surface area contributed by atoms with Gasteiger partial charge in [0.1, 0.15) is 146 Å². The van der Waals surface area contributed by atoms with Crippen LogP contribution in [0.25, 0.3) is 0 Å². The van der Waals surface area contributed by atoms with Gasteiger partial charge in [0.2, 0.25) is 0 Å². The van der Waals surface area contributed by atoms with Gasteiger partial charge in [0.05, 0.1) is 39.6 Å². The van der Waals surface area contributed by atoms with Crippen LogP contribution in [0.2, 0.25) is 0 Å². The Hall–Kier alpha value is -1.20. The first kappa shape index (κ1) is 52.6. The Labute approximate surface area is 372 Å². The second-order valence-electron chi connectivity index (χ2n) is 16.8. The van der Waals surface area contributed by atoms with Crippen molar-refractivity contribution in [1.29, 1.82) is 0 Å². The minimum absolute atomic E-state index is 0.999. The van der Waals surface area contributed by atoms with Gasteiger partial charge in [-0.25, -0.2) is 0 Å². The van der Waals surface area contributed by atoms with Crippen molar-refractivity contribution in [1.82, 2.24) is 0 Å². The first-order chi connectivity index (χ1) is 31.4. The molecule has 22 aliphatic heterocycles. The lowest BCUT2D eigenvalue weighted by Crippen LogP contribution is -2.69. The van der Waals surface area contributed by atoms with Crippen LogP contribution in [0.15, 0.2) is 0 Å². The molecule has 22 heterocycles. The predicted molar refractivity (Wildman–Crippen MR) is 196 cm³/mol. The van der Waals surface area contributed by atoms with Crippen LogP contribution >= 0.6 is 0 Å². The fraction of sp³-hybridized carbons (Fsp3) is 1.00. The first-order valence-electron chi connectivity index (χ1n) is 21.1. The Morgan fingerprint density at radius 2 is 0.303 bits per heavy atom. The van der Waals surface area contributed by atoms with Gasteiger partial charge in [-0.1, -0.05) is 0 Å². The molecule has 0 aromatic rings. The average Bonchev–Trinajstić information content (AvgIpc) is 3.31. The summed E-state index contributed by atoms with van der Waals surface area (Å²) in [6, 6.07) is 0. The summed E-state index contributed by atoms with van der Waals surface area (Å²) in [5, 5.41) is 196. The topological polar surface area (TPSA) is 475 Å². The highest BCUT2D eigenvalue weighted by atomic mass is 16.8. The summed E-state index contributed by atoms with van der Waals surface area (Å²) in [5.41, 5.74) is 0. The van der Waals surface area contributed by atoms with Crippen LogP contribution in [-0.2, 0) is 56.8 Å². The summed E-state index contributed by atoms with van der Waals surface area (Å²) < 4.78 is 67.9. The van der Waals surface area contributed by atoms with Crippen molar-refractivity contribution in [3.05, 3.63) is 0 Å². The molecule has 384 valence electrons. The highest BCUT2D eigenvalue weighted by molar-refractivity contribution is 5.01. The van der Waals surface area contributed by atoms with E-state index in [1.54, 1.807) is 0 Å². The van der Waals surface area contributed by atoms with Gasteiger partial charge in [0.15, 0.2) is 37.7 Å². The molecule has 22 aliphatic rings. The fourth-order valence-electron chi connectivity index (χ4n) is 8.93. The van der Waals surface area contributed by atoms with E-state index in [4.69, 9.17) is 56.8 Å². The molecule has 30 atom stereocenters. The normalized spacial score (nSPS) is 55.4. The monoisotopic (exact) mass is 972 g/mol. The Bertz CT molecular complexity index is 1230. The molecule has 18 N–H and O–H groups in total. The van der Waals surface area contributed by atoms with Gasteiger partial charge in [-0.15, -0.1) is 0 Å². The Morgan fingerprint density at radius 3 is 0.409 bits per heavy atom. The van der Waals surface area contributed by atoms with E-state index in [2.05, 4.69) is 0 Å². The smallest absolute Gasteiger partial charge is 0.187 e. The molecule has 0 aromatic carbocycles. The van der Waals surface area contributed by atoms with Crippen molar-refractivity contribution in [2.24, 2.45) is 0 Å². The third-order valence-electron chi connectivity index (χ3n) is 12.7. The maximum Gasteiger partial charge on any atom is 0.187 e. The van der Waals surface area contributed by atoms with Crippen LogP contribution in [0.5, 0.6) is 0 Å². The molecule has 0 aromatic heterocycles. The lowest BCUT2D eigenvalue weighted by atomic mass is 9.94. The van der Waals surface area contributed by atoms with Crippen molar-refractivity contribution in [2.75, 3.05) is 39.6 Å². The molecular formula is C36H60O30. The van der Waals surface area contributed by atoms with Crippen molar-refractivity contribution in [3.63, 3.8) is 0 Å². The van der Waals surface area contributed by atoms with Gasteiger partial charge in [-0.05, 0) is 0 Å². The average molecular weight is 973 g/mol. The van der Waals surface area contributed by atoms with Gasteiger partial charge in [0, 0.05) is 0 Å². The Balaban J connectivity index is 1.19. The van der Waals surface area contributed by atoms with Crippen LogP contribution < -0.4 is 0 Å². The molecule has 0 spiro atoms. The summed E-state index contributed by atoms with van der Waals surface area (Å²) in [6.45, 7) is -5.99. The molecule has 0 radical (unpaired) electrons. The second kappa shape index (κ2) is 22.1. The number of ether oxygens (including phenoxy) is 12. The largest absolute Gasteiger partial charge is 0.394 e. The van der Waals surface area contributed by atoms with Crippen LogP contribution in [-0.4, -0.2) is 316 Å². The third-order valence-corrected chi connectivity index (χ3v) is 12.7. The number of aliphatic hydroxyl groups excluding tert-OH is 18. The van der Waals surface area contributed by atoms with E-state index in [0.717, 1.165) is 0 Å². The van der Waals surface area contributed by atoms with E-state index < -0.39 is 224 Å². The molecule has 22 saturated heterocycles. The summed E-state index contributed by atoms with van der Waals surface area (Å²) in [5.74, 6) is 0. The standard InChI is InChI=1S/C36H60O30/c37-1-7-25-13(43)19(49)31(55-7)62-26-8(2-38)57-33(21(51)15(26)45)64-28-10(4-40)59-35(23(53)17(28)47)66-30-12(6-42)60-36(24(54)18(30)48)65-29-11(5-41)58-34(22(52)16(29)46)63-27-9(3-39)56-32(61-25)20(50)14(27)44/h7-54H,1-6H2/t7-,8-,9-,10-,11-,12-,13-,14-,15-,16-,17-,18-,19-,20+,21+,22+,23+,24-,25?,26?,27+,28+,29?,30?,31?,32?,33?,34?,35?,36?/m1/s1. The number of rotatable bonds is 6.